The fourth-order valence-electron chi connectivity index (χ4n) is 2.10. The highest BCUT2D eigenvalue weighted by atomic mass is 35.5. The van der Waals surface area contributed by atoms with Crippen LogP contribution in [0.3, 0.4) is 0 Å². The van der Waals surface area contributed by atoms with Crippen LogP contribution in [-0.4, -0.2) is 24.0 Å². The molecule has 0 spiro atoms. The van der Waals surface area contributed by atoms with Crippen molar-refractivity contribution in [3.05, 3.63) is 29.3 Å². The summed E-state index contributed by atoms with van der Waals surface area (Å²) in [7, 11) is 0. The maximum absolute atomic E-state index is 12.3. The van der Waals surface area contributed by atoms with Gasteiger partial charge in [-0.1, -0.05) is 16.8 Å². The summed E-state index contributed by atoms with van der Waals surface area (Å²) in [6.07, 6.45) is 0. The van der Waals surface area contributed by atoms with Gasteiger partial charge in [0.25, 0.3) is 5.91 Å². The van der Waals surface area contributed by atoms with Crippen molar-refractivity contribution in [2.45, 2.75) is 25.0 Å². The van der Waals surface area contributed by atoms with E-state index in [-0.39, 0.29) is 24.0 Å². The van der Waals surface area contributed by atoms with Gasteiger partial charge in [-0.2, -0.15) is 10.1 Å². The summed E-state index contributed by atoms with van der Waals surface area (Å²) in [6.45, 7) is 1.96. The molecule has 1 amide bonds. The lowest BCUT2D eigenvalue weighted by Gasteiger charge is -2.26. The summed E-state index contributed by atoms with van der Waals surface area (Å²) in [5.74, 6) is -0.117. The highest BCUT2D eigenvalue weighted by Gasteiger charge is 2.43. The van der Waals surface area contributed by atoms with E-state index < -0.39 is 0 Å². The molecule has 94 valence electrons. The molecule has 1 aromatic rings. The third-order valence-electron chi connectivity index (χ3n) is 3.14. The average molecular weight is 266 g/mol. The molecule has 18 heavy (non-hydrogen) atoms. The normalized spacial score (nSPS) is 30.7. The van der Waals surface area contributed by atoms with Crippen molar-refractivity contribution in [3.63, 3.8) is 0 Å². The second-order valence-electron chi connectivity index (χ2n) is 4.38. The van der Waals surface area contributed by atoms with Gasteiger partial charge in [-0.15, -0.1) is 0 Å². The Morgan fingerprint density at radius 2 is 2.00 bits per heavy atom. The van der Waals surface area contributed by atoms with Crippen LogP contribution in [0.4, 0.5) is 5.69 Å². The zero-order valence-corrected chi connectivity index (χ0v) is 10.4. The van der Waals surface area contributed by atoms with E-state index in [1.807, 2.05) is 6.92 Å². The van der Waals surface area contributed by atoms with Crippen molar-refractivity contribution in [1.29, 1.82) is 0 Å². The number of hydrogen-bond donors (Lipinski definition) is 2. The number of nitrogens with zero attached hydrogens (tertiary/aromatic N) is 3. The lowest BCUT2D eigenvalue weighted by Crippen LogP contribution is -2.49. The molecule has 2 aliphatic heterocycles. The smallest absolute Gasteiger partial charge is 0.269 e. The lowest BCUT2D eigenvalue weighted by molar-refractivity contribution is -0.121. The predicted molar refractivity (Wildman–Crippen MR) is 67.1 cm³/mol. The first kappa shape index (κ1) is 11.6. The SMILES string of the molecule is CC1NNC2C(=O)N(c3ccc(Cl)cc3)N=NC12. The molecule has 2 heterocycles. The molecule has 0 aliphatic carbocycles. The largest absolute Gasteiger partial charge is 0.271 e. The molecule has 0 radical (unpaired) electrons. The van der Waals surface area contributed by atoms with Gasteiger partial charge < -0.3 is 0 Å². The summed E-state index contributed by atoms with van der Waals surface area (Å²) >= 11 is 5.82. The van der Waals surface area contributed by atoms with Gasteiger partial charge in [-0.3, -0.25) is 10.2 Å². The van der Waals surface area contributed by atoms with Gasteiger partial charge in [0.15, 0.2) is 0 Å². The first-order chi connectivity index (χ1) is 8.66. The molecule has 7 heteroatoms. The zero-order valence-electron chi connectivity index (χ0n) is 9.67. The molecule has 0 saturated carbocycles. The van der Waals surface area contributed by atoms with E-state index in [1.54, 1.807) is 24.3 Å². The average Bonchev–Trinajstić information content (AvgIpc) is 2.74. The number of fused-ring (bicyclic) bond motifs is 1. The summed E-state index contributed by atoms with van der Waals surface area (Å²) in [4.78, 5) is 12.3. The van der Waals surface area contributed by atoms with E-state index >= 15 is 0 Å². The Balaban J connectivity index is 1.91. The zero-order chi connectivity index (χ0) is 12.7. The Kier molecular flexibility index (Phi) is 2.77. The molecule has 1 fully saturated rings. The minimum atomic E-state index is -0.367. The lowest BCUT2D eigenvalue weighted by atomic mass is 10.0. The quantitative estimate of drug-likeness (QED) is 0.804. The molecule has 0 aromatic heterocycles. The molecule has 1 aromatic carbocycles. The number of nitrogens with one attached hydrogen (secondary N) is 2. The Hall–Kier alpha value is -1.50. The van der Waals surface area contributed by atoms with Crippen molar-refractivity contribution in [2.24, 2.45) is 10.3 Å². The molecule has 1 saturated heterocycles. The van der Waals surface area contributed by atoms with Crippen LogP contribution in [0.25, 0.3) is 0 Å². The van der Waals surface area contributed by atoms with E-state index in [4.69, 9.17) is 11.6 Å². The second-order valence-corrected chi connectivity index (χ2v) is 4.81. The van der Waals surface area contributed by atoms with Crippen LogP contribution >= 0.6 is 11.6 Å². The molecule has 0 bridgehead atoms. The third kappa shape index (κ3) is 1.78. The molecule has 2 aliphatic rings. The van der Waals surface area contributed by atoms with E-state index in [2.05, 4.69) is 21.2 Å². The highest BCUT2D eigenvalue weighted by Crippen LogP contribution is 2.25. The molecule has 6 nitrogen and oxygen atoms in total. The van der Waals surface area contributed by atoms with Gasteiger partial charge in [0, 0.05) is 11.1 Å². The van der Waals surface area contributed by atoms with Gasteiger partial charge in [0.2, 0.25) is 0 Å². The summed E-state index contributed by atoms with van der Waals surface area (Å²) < 4.78 is 0. The fourth-order valence-corrected chi connectivity index (χ4v) is 2.23. The number of benzene rings is 1. The summed E-state index contributed by atoms with van der Waals surface area (Å²) in [6, 6.07) is 6.49. The van der Waals surface area contributed by atoms with Gasteiger partial charge >= 0.3 is 0 Å². The number of carbonyl (C=O) groups excluding carboxylic acids is 1. The standard InChI is InChI=1S/C11H12ClN5O/c1-6-9-10(14-13-6)11(18)17(16-15-9)8-4-2-7(12)3-5-8/h2-6,9-10,13-14H,1H3. The van der Waals surface area contributed by atoms with Crippen molar-refractivity contribution < 1.29 is 4.79 Å². The predicted octanol–water partition coefficient (Wildman–Crippen LogP) is 1.29. The van der Waals surface area contributed by atoms with Crippen LogP contribution in [0.2, 0.25) is 5.02 Å². The van der Waals surface area contributed by atoms with Crippen LogP contribution in [-0.2, 0) is 4.79 Å². The Morgan fingerprint density at radius 3 is 2.72 bits per heavy atom. The third-order valence-corrected chi connectivity index (χ3v) is 3.39. The number of hydrazine groups is 1. The van der Waals surface area contributed by atoms with Crippen molar-refractivity contribution in [2.75, 3.05) is 5.01 Å². The maximum atomic E-state index is 12.3. The van der Waals surface area contributed by atoms with E-state index in [1.165, 1.54) is 5.01 Å². The van der Waals surface area contributed by atoms with E-state index in [0.717, 1.165) is 0 Å². The minimum Gasteiger partial charge on any atom is -0.271 e. The maximum Gasteiger partial charge on any atom is 0.269 e. The van der Waals surface area contributed by atoms with E-state index in [9.17, 15) is 4.79 Å². The van der Waals surface area contributed by atoms with Gasteiger partial charge in [0.05, 0.1) is 5.69 Å². The van der Waals surface area contributed by atoms with E-state index in [0.29, 0.717) is 10.7 Å². The topological polar surface area (TPSA) is 69.1 Å². The minimum absolute atomic E-state index is 0.0927. The van der Waals surface area contributed by atoms with Crippen LogP contribution < -0.4 is 15.9 Å². The molecular weight excluding hydrogens is 254 g/mol. The Morgan fingerprint density at radius 1 is 1.28 bits per heavy atom. The first-order valence-corrected chi connectivity index (χ1v) is 6.06. The monoisotopic (exact) mass is 265 g/mol. The molecule has 3 rings (SSSR count). The summed E-state index contributed by atoms with van der Waals surface area (Å²) in [5.41, 5.74) is 6.61. The molecular formula is C11H12ClN5O. The number of hydrogen-bond acceptors (Lipinski definition) is 5. The van der Waals surface area contributed by atoms with Gasteiger partial charge in [0.1, 0.15) is 12.1 Å². The second kappa shape index (κ2) is 4.31. The highest BCUT2D eigenvalue weighted by molar-refractivity contribution is 6.30. The number of amides is 1. The van der Waals surface area contributed by atoms with Crippen molar-refractivity contribution >= 4 is 23.2 Å². The van der Waals surface area contributed by atoms with Gasteiger partial charge in [-0.05, 0) is 31.2 Å². The van der Waals surface area contributed by atoms with Crippen LogP contribution in [0, 0.1) is 0 Å². The Bertz CT molecular complexity index is 503. The molecule has 2 N–H and O–H groups in total. The van der Waals surface area contributed by atoms with Crippen molar-refractivity contribution in [1.82, 2.24) is 10.9 Å². The van der Waals surface area contributed by atoms with Crippen LogP contribution in [0.15, 0.2) is 34.6 Å². The first-order valence-electron chi connectivity index (χ1n) is 5.68. The van der Waals surface area contributed by atoms with Crippen LogP contribution in [0.1, 0.15) is 6.92 Å². The molecule has 3 atom stereocenters. The van der Waals surface area contributed by atoms with Gasteiger partial charge in [-0.25, -0.2) is 5.43 Å². The number of anilines is 1. The fraction of sp³-hybridized carbons (Fsp3) is 0.364. The van der Waals surface area contributed by atoms with Crippen molar-refractivity contribution in [3.8, 4) is 0 Å². The summed E-state index contributed by atoms with van der Waals surface area (Å²) in [5, 5.41) is 10.1. The number of rotatable bonds is 1. The molecule has 3 unspecified atom stereocenters. The Labute approximate surface area is 109 Å². The number of carbonyl (C=O) groups is 1. The number of halogens is 1. The van der Waals surface area contributed by atoms with Crippen LogP contribution in [0.5, 0.6) is 0 Å².